The van der Waals surface area contributed by atoms with Gasteiger partial charge in [-0.15, -0.1) is 0 Å². The number of ether oxygens (including phenoxy) is 1. The molecule has 0 atom stereocenters. The zero-order valence-corrected chi connectivity index (χ0v) is 12.9. The molecule has 1 aromatic carbocycles. The van der Waals surface area contributed by atoms with Crippen LogP contribution >= 0.6 is 0 Å². The van der Waals surface area contributed by atoms with Gasteiger partial charge in [0.25, 0.3) is 10.0 Å². The number of alkyl halides is 3. The average molecular weight is 359 g/mol. The molecule has 0 aliphatic carbocycles. The van der Waals surface area contributed by atoms with Gasteiger partial charge in [0, 0.05) is 0 Å². The van der Waals surface area contributed by atoms with Crippen LogP contribution in [0.1, 0.15) is 5.56 Å². The molecule has 6 nitrogen and oxygen atoms in total. The number of nitrogens with one attached hydrogen (secondary N) is 2. The van der Waals surface area contributed by atoms with Gasteiger partial charge in [0.2, 0.25) is 0 Å². The number of sulfonamides is 1. The molecule has 0 unspecified atom stereocenters. The fourth-order valence-corrected chi connectivity index (χ4v) is 2.42. The Hall–Kier alpha value is -2.51. The zero-order valence-electron chi connectivity index (χ0n) is 12.1. The molecule has 0 saturated heterocycles. The number of nitrogens with zero attached hydrogens (tertiary/aromatic N) is 1. The number of aromatic nitrogens is 2. The van der Waals surface area contributed by atoms with E-state index < -0.39 is 21.8 Å². The first-order chi connectivity index (χ1) is 11.3. The van der Waals surface area contributed by atoms with Crippen LogP contribution in [0.15, 0.2) is 41.8 Å². The van der Waals surface area contributed by atoms with Gasteiger partial charge in [-0.25, -0.2) is 13.4 Å². The summed E-state index contributed by atoms with van der Waals surface area (Å²) in [6.45, 7) is -0.347. The normalized spacial score (nSPS) is 11.6. The van der Waals surface area contributed by atoms with Crippen molar-refractivity contribution in [2.75, 3.05) is 13.2 Å². The molecule has 0 radical (unpaired) electrons. The summed E-state index contributed by atoms with van der Waals surface area (Å²) < 4.78 is 68.3. The van der Waals surface area contributed by atoms with E-state index in [9.17, 15) is 21.6 Å². The second-order valence-corrected chi connectivity index (χ2v) is 6.14. The molecule has 0 bridgehead atoms. The van der Waals surface area contributed by atoms with Crippen LogP contribution in [0.2, 0.25) is 0 Å². The molecule has 0 spiro atoms. The third-order valence-electron chi connectivity index (χ3n) is 2.71. The molecule has 0 aliphatic heterocycles. The summed E-state index contributed by atoms with van der Waals surface area (Å²) in [6, 6.07) is 4.40. The molecule has 10 heteroatoms. The number of aromatic amines is 1. The summed E-state index contributed by atoms with van der Waals surface area (Å²) in [5.41, 5.74) is -0.819. The van der Waals surface area contributed by atoms with E-state index in [1.807, 2.05) is 0 Å². The van der Waals surface area contributed by atoms with Gasteiger partial charge in [0.05, 0.1) is 24.6 Å². The van der Waals surface area contributed by atoms with Crippen LogP contribution in [0.25, 0.3) is 0 Å². The fraction of sp³-hybridized carbons (Fsp3) is 0.214. The smallest absolute Gasteiger partial charge is 0.416 e. The van der Waals surface area contributed by atoms with E-state index in [-0.39, 0.29) is 23.9 Å². The molecule has 1 heterocycles. The van der Waals surface area contributed by atoms with Gasteiger partial charge >= 0.3 is 6.18 Å². The fourth-order valence-electron chi connectivity index (χ4n) is 1.59. The lowest BCUT2D eigenvalue weighted by Gasteiger charge is -2.08. The summed E-state index contributed by atoms with van der Waals surface area (Å²) in [4.78, 5) is 6.04. The lowest BCUT2D eigenvalue weighted by molar-refractivity contribution is -0.137. The third kappa shape index (κ3) is 5.00. The molecule has 0 saturated carbocycles. The van der Waals surface area contributed by atoms with Crippen molar-refractivity contribution in [1.82, 2.24) is 14.7 Å². The van der Waals surface area contributed by atoms with Crippen LogP contribution in [-0.4, -0.2) is 31.5 Å². The first-order valence-electron chi connectivity index (χ1n) is 6.53. The second-order valence-electron chi connectivity index (χ2n) is 4.41. The van der Waals surface area contributed by atoms with Crippen LogP contribution in [0.3, 0.4) is 0 Å². The Morgan fingerprint density at radius 1 is 1.29 bits per heavy atom. The monoisotopic (exact) mass is 359 g/mol. The molecule has 0 fully saturated rings. The van der Waals surface area contributed by atoms with Crippen LogP contribution in [0, 0.1) is 11.8 Å². The quantitative estimate of drug-likeness (QED) is 0.798. The van der Waals surface area contributed by atoms with Crippen molar-refractivity contribution in [2.45, 2.75) is 11.2 Å². The van der Waals surface area contributed by atoms with Gasteiger partial charge < -0.3 is 9.72 Å². The van der Waals surface area contributed by atoms with Gasteiger partial charge in [-0.3, -0.25) is 0 Å². The van der Waals surface area contributed by atoms with Crippen molar-refractivity contribution in [3.63, 3.8) is 0 Å². The highest BCUT2D eigenvalue weighted by Crippen LogP contribution is 2.31. The van der Waals surface area contributed by atoms with Crippen molar-refractivity contribution in [3.8, 4) is 17.6 Å². The highest BCUT2D eigenvalue weighted by Gasteiger charge is 2.30. The molecule has 0 aliphatic rings. The summed E-state index contributed by atoms with van der Waals surface area (Å²) in [5, 5.41) is -0.0930. The van der Waals surface area contributed by atoms with E-state index in [1.165, 1.54) is 18.5 Å². The van der Waals surface area contributed by atoms with Crippen LogP contribution in [0.5, 0.6) is 5.75 Å². The van der Waals surface area contributed by atoms with Crippen LogP contribution < -0.4 is 9.46 Å². The van der Waals surface area contributed by atoms with E-state index >= 15 is 0 Å². The number of halogens is 3. The maximum atomic E-state index is 12.5. The average Bonchev–Trinajstić information content (AvgIpc) is 3.05. The Bertz CT molecular complexity index is 837. The number of imidazole rings is 1. The summed E-state index contributed by atoms with van der Waals surface area (Å²) in [7, 11) is -3.71. The molecule has 2 N–H and O–H groups in total. The molecule has 0 amide bonds. The third-order valence-corrected chi connectivity index (χ3v) is 4.04. The molecule has 2 aromatic rings. The largest absolute Gasteiger partial charge is 0.481 e. The van der Waals surface area contributed by atoms with E-state index in [0.717, 1.165) is 18.3 Å². The Labute approximate surface area is 136 Å². The van der Waals surface area contributed by atoms with Crippen LogP contribution in [-0.2, 0) is 16.2 Å². The topological polar surface area (TPSA) is 84.1 Å². The second kappa shape index (κ2) is 7.37. The van der Waals surface area contributed by atoms with E-state index in [2.05, 4.69) is 26.5 Å². The van der Waals surface area contributed by atoms with Gasteiger partial charge in [0.1, 0.15) is 12.4 Å². The minimum atomic E-state index is -4.45. The Morgan fingerprint density at radius 3 is 2.75 bits per heavy atom. The molecule has 128 valence electrons. The minimum absolute atomic E-state index is 0.0252. The van der Waals surface area contributed by atoms with Crippen molar-refractivity contribution < 1.29 is 26.3 Å². The first kappa shape index (κ1) is 17.8. The molecular weight excluding hydrogens is 347 g/mol. The SMILES string of the molecule is O=S(=O)(NCC#CCOc1cccc(C(F)(F)F)c1)c1cnc[nH]1. The minimum Gasteiger partial charge on any atom is -0.481 e. The molecule has 24 heavy (non-hydrogen) atoms. The molecule has 2 rings (SSSR count). The van der Waals surface area contributed by atoms with E-state index in [0.29, 0.717) is 0 Å². The summed E-state index contributed by atoms with van der Waals surface area (Å²) >= 11 is 0. The highest BCUT2D eigenvalue weighted by atomic mass is 32.2. The van der Waals surface area contributed by atoms with Crippen LogP contribution in [0.4, 0.5) is 13.2 Å². The van der Waals surface area contributed by atoms with Crippen molar-refractivity contribution in [1.29, 1.82) is 0 Å². The van der Waals surface area contributed by atoms with Gasteiger partial charge in [-0.2, -0.15) is 17.9 Å². The standard InChI is InChI=1S/C14H12F3N3O3S/c15-14(16,17)11-4-3-5-12(8-11)23-7-2-1-6-20-24(21,22)13-9-18-10-19-13/h3-5,8-10,20H,6-7H2,(H,18,19). The maximum Gasteiger partial charge on any atom is 0.416 e. The van der Waals surface area contributed by atoms with Crippen molar-refractivity contribution in [2.24, 2.45) is 0 Å². The number of benzene rings is 1. The predicted octanol–water partition coefficient (Wildman–Crippen LogP) is 1.79. The predicted molar refractivity (Wildman–Crippen MR) is 78.5 cm³/mol. The Balaban J connectivity index is 1.83. The summed E-state index contributed by atoms with van der Waals surface area (Å²) in [5.74, 6) is 5.03. The number of rotatable bonds is 5. The van der Waals surface area contributed by atoms with Gasteiger partial charge in [0.15, 0.2) is 5.03 Å². The van der Waals surface area contributed by atoms with E-state index in [4.69, 9.17) is 4.74 Å². The maximum absolute atomic E-state index is 12.5. The number of hydrogen-bond acceptors (Lipinski definition) is 4. The molecular formula is C14H12F3N3O3S. The zero-order chi connectivity index (χ0) is 17.6. The van der Waals surface area contributed by atoms with E-state index in [1.54, 1.807) is 0 Å². The Morgan fingerprint density at radius 2 is 2.08 bits per heavy atom. The van der Waals surface area contributed by atoms with Gasteiger partial charge in [-0.05, 0) is 18.2 Å². The Kier molecular flexibility index (Phi) is 5.48. The van der Waals surface area contributed by atoms with Crippen molar-refractivity contribution in [3.05, 3.63) is 42.4 Å². The van der Waals surface area contributed by atoms with Crippen molar-refractivity contribution >= 4 is 10.0 Å². The number of hydrogen-bond donors (Lipinski definition) is 2. The number of H-pyrrole nitrogens is 1. The lowest BCUT2D eigenvalue weighted by Crippen LogP contribution is -2.24. The lowest BCUT2D eigenvalue weighted by atomic mass is 10.2. The highest BCUT2D eigenvalue weighted by molar-refractivity contribution is 7.89. The first-order valence-corrected chi connectivity index (χ1v) is 8.01. The van der Waals surface area contributed by atoms with Gasteiger partial charge in [-0.1, -0.05) is 17.9 Å². The summed E-state index contributed by atoms with van der Waals surface area (Å²) in [6.07, 6.45) is -2.08. The molecule has 1 aromatic heterocycles.